The second-order valence-electron chi connectivity index (χ2n) is 6.85. The highest BCUT2D eigenvalue weighted by atomic mass is 15.1. The van der Waals surface area contributed by atoms with Gasteiger partial charge in [0.25, 0.3) is 0 Å². The molecule has 4 rings (SSSR count). The van der Waals surface area contributed by atoms with Crippen LogP contribution in [-0.2, 0) is 19.5 Å². The van der Waals surface area contributed by atoms with Gasteiger partial charge < -0.3 is 4.90 Å². The Morgan fingerprint density at radius 3 is 2.74 bits per heavy atom. The zero-order valence-corrected chi connectivity index (χ0v) is 13.9. The van der Waals surface area contributed by atoms with Gasteiger partial charge in [-0.15, -0.1) is 0 Å². The number of hydrogen-bond donors (Lipinski definition) is 0. The number of pyridine rings is 1. The fourth-order valence-electron chi connectivity index (χ4n) is 3.10. The summed E-state index contributed by atoms with van der Waals surface area (Å²) in [6, 6.07) is 4.25. The molecule has 0 N–H and O–H groups in total. The van der Waals surface area contributed by atoms with Gasteiger partial charge in [0.05, 0.1) is 0 Å². The lowest BCUT2D eigenvalue weighted by Gasteiger charge is -2.28. The number of rotatable bonds is 4. The maximum Gasteiger partial charge on any atom is 0.131 e. The van der Waals surface area contributed by atoms with Crippen LogP contribution < -0.4 is 4.90 Å². The monoisotopic (exact) mass is 309 g/mol. The lowest BCUT2D eigenvalue weighted by atomic mass is 10.1. The first-order valence-electron chi connectivity index (χ1n) is 8.38. The normalized spacial score (nSPS) is 17.8. The summed E-state index contributed by atoms with van der Waals surface area (Å²) in [6.07, 6.45) is 7.59. The van der Waals surface area contributed by atoms with Crippen LogP contribution in [0.3, 0.4) is 0 Å². The van der Waals surface area contributed by atoms with Gasteiger partial charge in [0.2, 0.25) is 0 Å². The summed E-state index contributed by atoms with van der Waals surface area (Å²) in [4.78, 5) is 18.3. The Hall–Kier alpha value is -2.01. The minimum atomic E-state index is 0.639. The molecule has 0 spiro atoms. The van der Waals surface area contributed by atoms with Crippen LogP contribution >= 0.6 is 0 Å². The summed E-state index contributed by atoms with van der Waals surface area (Å²) >= 11 is 0. The molecule has 2 aromatic heterocycles. The quantitative estimate of drug-likeness (QED) is 0.867. The number of nitrogens with zero attached hydrogens (tertiary/aromatic N) is 5. The number of hydrogen-bond acceptors (Lipinski definition) is 5. The van der Waals surface area contributed by atoms with Crippen molar-refractivity contribution in [2.45, 2.75) is 38.3 Å². The van der Waals surface area contributed by atoms with Crippen molar-refractivity contribution in [2.24, 2.45) is 0 Å². The highest BCUT2D eigenvalue weighted by Crippen LogP contribution is 2.38. The highest BCUT2D eigenvalue weighted by Gasteiger charge is 2.28. The van der Waals surface area contributed by atoms with Gasteiger partial charge in [0.1, 0.15) is 11.6 Å². The molecule has 0 aromatic carbocycles. The van der Waals surface area contributed by atoms with E-state index in [0.29, 0.717) is 5.92 Å². The van der Waals surface area contributed by atoms with Crippen LogP contribution in [0.15, 0.2) is 24.5 Å². The average Bonchev–Trinajstić information content (AvgIpc) is 3.40. The maximum absolute atomic E-state index is 4.79. The SMILES string of the molecule is CN(C)c1ccc(CN2CCc3nc(C4CC4)ncc3C2)cn1. The molecule has 1 aliphatic carbocycles. The van der Waals surface area contributed by atoms with Gasteiger partial charge in [-0.25, -0.2) is 15.0 Å². The Morgan fingerprint density at radius 2 is 2.04 bits per heavy atom. The first-order chi connectivity index (χ1) is 11.2. The van der Waals surface area contributed by atoms with E-state index in [-0.39, 0.29) is 0 Å². The molecular weight excluding hydrogens is 286 g/mol. The third kappa shape index (κ3) is 3.20. The van der Waals surface area contributed by atoms with E-state index in [2.05, 4.69) is 33.2 Å². The van der Waals surface area contributed by atoms with E-state index in [1.807, 2.05) is 25.2 Å². The minimum absolute atomic E-state index is 0.639. The van der Waals surface area contributed by atoms with Gasteiger partial charge in [-0.2, -0.15) is 0 Å². The van der Waals surface area contributed by atoms with E-state index in [4.69, 9.17) is 4.98 Å². The van der Waals surface area contributed by atoms with E-state index in [1.165, 1.54) is 29.7 Å². The summed E-state index contributed by atoms with van der Waals surface area (Å²) in [5.41, 5.74) is 3.81. The van der Waals surface area contributed by atoms with Crippen molar-refractivity contribution in [2.75, 3.05) is 25.5 Å². The van der Waals surface area contributed by atoms with Gasteiger partial charge in [-0.3, -0.25) is 4.90 Å². The van der Waals surface area contributed by atoms with E-state index in [1.54, 1.807) is 0 Å². The van der Waals surface area contributed by atoms with E-state index < -0.39 is 0 Å². The smallest absolute Gasteiger partial charge is 0.131 e. The maximum atomic E-state index is 4.79. The van der Waals surface area contributed by atoms with E-state index in [0.717, 1.165) is 37.7 Å². The Labute approximate surface area is 137 Å². The van der Waals surface area contributed by atoms with Crippen LogP contribution in [0, 0.1) is 0 Å². The van der Waals surface area contributed by atoms with Crippen molar-refractivity contribution in [1.82, 2.24) is 19.9 Å². The fraction of sp³-hybridized carbons (Fsp3) is 0.500. The van der Waals surface area contributed by atoms with E-state index in [9.17, 15) is 0 Å². The molecule has 1 fully saturated rings. The van der Waals surface area contributed by atoms with Crippen LogP contribution in [0.5, 0.6) is 0 Å². The molecule has 0 radical (unpaired) electrons. The predicted molar refractivity (Wildman–Crippen MR) is 90.4 cm³/mol. The van der Waals surface area contributed by atoms with Crippen molar-refractivity contribution in [3.05, 3.63) is 47.2 Å². The van der Waals surface area contributed by atoms with E-state index >= 15 is 0 Å². The van der Waals surface area contributed by atoms with Crippen LogP contribution in [0.2, 0.25) is 0 Å². The highest BCUT2D eigenvalue weighted by molar-refractivity contribution is 5.37. The van der Waals surface area contributed by atoms with Crippen molar-refractivity contribution in [3.8, 4) is 0 Å². The third-order valence-electron chi connectivity index (χ3n) is 4.65. The lowest BCUT2D eigenvalue weighted by molar-refractivity contribution is 0.242. The van der Waals surface area contributed by atoms with Gasteiger partial charge in [0.15, 0.2) is 0 Å². The van der Waals surface area contributed by atoms with Crippen LogP contribution in [0.25, 0.3) is 0 Å². The topological polar surface area (TPSA) is 45.2 Å². The minimum Gasteiger partial charge on any atom is -0.363 e. The molecule has 0 unspecified atom stereocenters. The zero-order chi connectivity index (χ0) is 15.8. The lowest BCUT2D eigenvalue weighted by Crippen LogP contribution is -2.31. The first kappa shape index (κ1) is 14.6. The Bertz CT molecular complexity index is 691. The Kier molecular flexibility index (Phi) is 3.73. The summed E-state index contributed by atoms with van der Waals surface area (Å²) in [5.74, 6) is 2.71. The first-order valence-corrected chi connectivity index (χ1v) is 8.38. The van der Waals surface area contributed by atoms with Gasteiger partial charge in [-0.1, -0.05) is 6.07 Å². The predicted octanol–water partition coefficient (Wildman–Crippen LogP) is 2.37. The molecular formula is C18H23N5. The fourth-order valence-corrected chi connectivity index (χ4v) is 3.10. The second kappa shape index (κ2) is 5.89. The molecule has 0 amide bonds. The summed E-state index contributed by atoms with van der Waals surface area (Å²) in [6.45, 7) is 2.93. The van der Waals surface area contributed by atoms with Crippen LogP contribution in [0.1, 0.15) is 41.4 Å². The van der Waals surface area contributed by atoms with Gasteiger partial charge >= 0.3 is 0 Å². The number of anilines is 1. The van der Waals surface area contributed by atoms with Crippen molar-refractivity contribution < 1.29 is 0 Å². The summed E-state index contributed by atoms with van der Waals surface area (Å²) in [5, 5.41) is 0. The van der Waals surface area contributed by atoms with Crippen LogP contribution in [-0.4, -0.2) is 40.5 Å². The summed E-state index contributed by atoms with van der Waals surface area (Å²) in [7, 11) is 4.03. The third-order valence-corrected chi connectivity index (χ3v) is 4.65. The van der Waals surface area contributed by atoms with Gasteiger partial charge in [0, 0.05) is 69.7 Å². The number of fused-ring (bicyclic) bond motifs is 1. The number of aromatic nitrogens is 3. The molecule has 1 saturated carbocycles. The molecule has 3 heterocycles. The molecule has 5 heteroatoms. The van der Waals surface area contributed by atoms with Crippen molar-refractivity contribution in [3.63, 3.8) is 0 Å². The van der Waals surface area contributed by atoms with Crippen molar-refractivity contribution >= 4 is 5.82 Å². The second-order valence-corrected chi connectivity index (χ2v) is 6.85. The zero-order valence-electron chi connectivity index (χ0n) is 13.9. The standard InChI is InChI=1S/C18H23N5/c1-22(2)17-6-3-13(9-19-17)11-23-8-7-16-15(12-23)10-20-18(21-16)14-4-5-14/h3,6,9-10,14H,4-5,7-8,11-12H2,1-2H3. The molecule has 2 aliphatic rings. The largest absolute Gasteiger partial charge is 0.363 e. The summed E-state index contributed by atoms with van der Waals surface area (Å²) < 4.78 is 0. The molecule has 0 bridgehead atoms. The Balaban J connectivity index is 1.43. The van der Waals surface area contributed by atoms with Gasteiger partial charge in [-0.05, 0) is 24.5 Å². The molecule has 23 heavy (non-hydrogen) atoms. The molecule has 0 atom stereocenters. The molecule has 1 aliphatic heterocycles. The average molecular weight is 309 g/mol. The molecule has 2 aromatic rings. The Morgan fingerprint density at radius 1 is 1.17 bits per heavy atom. The van der Waals surface area contributed by atoms with Crippen molar-refractivity contribution in [1.29, 1.82) is 0 Å². The molecule has 120 valence electrons. The molecule has 0 saturated heterocycles. The molecule has 5 nitrogen and oxygen atoms in total. The van der Waals surface area contributed by atoms with Crippen LogP contribution in [0.4, 0.5) is 5.82 Å².